The van der Waals surface area contributed by atoms with Crippen LogP contribution in [0.3, 0.4) is 0 Å². The van der Waals surface area contributed by atoms with Crippen molar-refractivity contribution in [3.8, 4) is 0 Å². The van der Waals surface area contributed by atoms with Gasteiger partial charge in [-0.1, -0.05) is 27.5 Å². The van der Waals surface area contributed by atoms with Crippen LogP contribution in [-0.2, 0) is 17.6 Å². The van der Waals surface area contributed by atoms with Crippen LogP contribution >= 0.6 is 43.5 Å². The monoisotopic (exact) mass is 662 g/mol. The maximum Gasteiger partial charge on any atom is 0.314 e. The second-order valence-electron chi connectivity index (χ2n) is 11.5. The Hall–Kier alpha value is -1.64. The fraction of sp³-hybridized carbons (Fsp3) is 0.552. The topological polar surface area (TPSA) is 79.5 Å². The first-order valence-corrected chi connectivity index (χ1v) is 15.7. The van der Waals surface area contributed by atoms with Crippen molar-refractivity contribution in [3.05, 3.63) is 60.7 Å². The number of aromatic nitrogens is 1. The molecule has 0 saturated carbocycles. The highest BCUT2D eigenvalue weighted by Gasteiger charge is 2.47. The van der Waals surface area contributed by atoms with E-state index < -0.39 is 0 Å². The molecule has 2 bridgehead atoms. The number of nitrogens with two attached hydrogens (primary N) is 1. The van der Waals surface area contributed by atoms with E-state index in [0.717, 1.165) is 65.3 Å². The summed E-state index contributed by atoms with van der Waals surface area (Å²) < 4.78 is 2.08. The van der Waals surface area contributed by atoms with Gasteiger partial charge in [-0.3, -0.25) is 9.78 Å². The summed E-state index contributed by atoms with van der Waals surface area (Å²) in [6.07, 6.45) is 10.3. The van der Waals surface area contributed by atoms with Crippen LogP contribution in [-0.4, -0.2) is 51.9 Å². The number of hydrogen-bond donors (Lipinski definition) is 1. The predicted molar refractivity (Wildman–Crippen MR) is 155 cm³/mol. The summed E-state index contributed by atoms with van der Waals surface area (Å²) in [5.74, 6) is 1.22. The zero-order valence-electron chi connectivity index (χ0n) is 21.3. The van der Waals surface area contributed by atoms with Crippen molar-refractivity contribution in [1.82, 2.24) is 14.8 Å². The number of primary amides is 1. The number of fused-ring (bicyclic) bond motifs is 4. The summed E-state index contributed by atoms with van der Waals surface area (Å²) in [5.41, 5.74) is 10.6. The molecule has 6 nitrogen and oxygen atoms in total. The maximum atomic E-state index is 13.6. The van der Waals surface area contributed by atoms with E-state index in [1.54, 1.807) is 4.90 Å². The molecule has 3 fully saturated rings. The fourth-order valence-electron chi connectivity index (χ4n) is 7.64. The lowest BCUT2D eigenvalue weighted by Gasteiger charge is -2.43. The number of aryl methyl sites for hydroxylation is 2. The van der Waals surface area contributed by atoms with Crippen LogP contribution in [0, 0.1) is 11.8 Å². The van der Waals surface area contributed by atoms with Crippen molar-refractivity contribution in [1.29, 1.82) is 0 Å². The number of carbonyl (C=O) groups is 2. The van der Waals surface area contributed by atoms with Gasteiger partial charge in [0.05, 0.1) is 5.69 Å². The molecule has 3 amide bonds. The Morgan fingerprint density at radius 1 is 1.00 bits per heavy atom. The number of likely N-dealkylation sites (tertiary alicyclic amines) is 1. The number of hydrogen-bond acceptors (Lipinski definition) is 3. The Labute approximate surface area is 245 Å². The summed E-state index contributed by atoms with van der Waals surface area (Å²) >= 11 is 14.0. The number of benzene rings is 1. The SMILES string of the molecule is NC(=O)N1CCC(CC(=O)N2[C@@H]3CC[C@H]2CC(C2c4ncc(Br)cc4CCc4cc(Cl)cc(Br)c42)C3)CC1. The standard InChI is InChI=1S/C29H33Br2ClN4O2/c30-20-10-18-2-1-17-11-21(32)14-24(31)26(17)27(28(18)34-15-20)19-12-22-3-4-23(13-19)36(22)25(37)9-16-5-7-35(8-6-16)29(33)38/h10-11,14-16,19,22-23,27H,1-9,12-13H2,(H2,33,38)/t19?,22-,23+,27?. The fourth-order valence-corrected chi connectivity index (χ4v) is 9.14. The Morgan fingerprint density at radius 3 is 2.37 bits per heavy atom. The highest BCUT2D eigenvalue weighted by molar-refractivity contribution is 9.10. The minimum Gasteiger partial charge on any atom is -0.351 e. The maximum absolute atomic E-state index is 13.6. The molecule has 0 radical (unpaired) electrons. The lowest BCUT2D eigenvalue weighted by atomic mass is 9.74. The number of piperidine rings is 2. The molecule has 38 heavy (non-hydrogen) atoms. The average Bonchev–Trinajstić information content (AvgIpc) is 3.04. The van der Waals surface area contributed by atoms with Crippen LogP contribution in [0.5, 0.6) is 0 Å². The van der Waals surface area contributed by atoms with E-state index in [1.165, 1.54) is 22.4 Å². The van der Waals surface area contributed by atoms with E-state index >= 15 is 0 Å². The first kappa shape index (κ1) is 26.6. The summed E-state index contributed by atoms with van der Waals surface area (Å²) in [7, 11) is 0. The van der Waals surface area contributed by atoms with Crippen molar-refractivity contribution >= 4 is 55.4 Å². The third kappa shape index (κ3) is 5.01. The van der Waals surface area contributed by atoms with Crippen LogP contribution in [0.15, 0.2) is 33.3 Å². The highest BCUT2D eigenvalue weighted by atomic mass is 79.9. The summed E-state index contributed by atoms with van der Waals surface area (Å²) in [6, 6.07) is 6.60. The van der Waals surface area contributed by atoms with E-state index in [4.69, 9.17) is 22.3 Å². The van der Waals surface area contributed by atoms with Crippen LogP contribution in [0.1, 0.15) is 73.2 Å². The molecule has 2 N–H and O–H groups in total. The van der Waals surface area contributed by atoms with E-state index in [0.29, 0.717) is 37.3 Å². The van der Waals surface area contributed by atoms with Gasteiger partial charge in [-0.25, -0.2) is 4.79 Å². The molecule has 2 unspecified atom stereocenters. The molecule has 3 aliphatic heterocycles. The van der Waals surface area contributed by atoms with Crippen LogP contribution in [0.2, 0.25) is 5.02 Å². The third-order valence-electron chi connectivity index (χ3n) is 9.34. The lowest BCUT2D eigenvalue weighted by molar-refractivity contribution is -0.137. The normalized spacial score (nSPS) is 27.0. The van der Waals surface area contributed by atoms with Crippen LogP contribution in [0.4, 0.5) is 4.79 Å². The summed E-state index contributed by atoms with van der Waals surface area (Å²) in [6.45, 7) is 1.31. The van der Waals surface area contributed by atoms with E-state index in [9.17, 15) is 9.59 Å². The van der Waals surface area contributed by atoms with Crippen LogP contribution < -0.4 is 5.73 Å². The van der Waals surface area contributed by atoms with Gasteiger partial charge in [0, 0.05) is 57.7 Å². The number of urea groups is 1. The molecule has 1 aromatic carbocycles. The number of nitrogens with zero attached hydrogens (tertiary/aromatic N) is 3. The summed E-state index contributed by atoms with van der Waals surface area (Å²) in [5, 5.41) is 0.761. The molecule has 6 rings (SSSR count). The molecule has 2 aromatic rings. The predicted octanol–water partition coefficient (Wildman–Crippen LogP) is 6.44. The molecular weight excluding hydrogens is 632 g/mol. The minimum atomic E-state index is -0.354. The molecule has 4 heterocycles. The Kier molecular flexibility index (Phi) is 7.51. The zero-order chi connectivity index (χ0) is 26.6. The van der Waals surface area contributed by atoms with Gasteiger partial charge in [-0.15, -0.1) is 0 Å². The van der Waals surface area contributed by atoms with Crippen molar-refractivity contribution in [2.45, 2.75) is 75.8 Å². The first-order chi connectivity index (χ1) is 18.3. The zero-order valence-corrected chi connectivity index (χ0v) is 25.3. The smallest absolute Gasteiger partial charge is 0.314 e. The second kappa shape index (κ2) is 10.7. The molecule has 1 aliphatic carbocycles. The number of carbonyl (C=O) groups excluding carboxylic acids is 2. The molecule has 0 spiro atoms. The number of rotatable bonds is 3. The molecule has 1 aromatic heterocycles. The van der Waals surface area contributed by atoms with E-state index in [-0.39, 0.29) is 24.0 Å². The Bertz CT molecular complexity index is 1250. The Balaban J connectivity index is 1.24. The van der Waals surface area contributed by atoms with Gasteiger partial charge < -0.3 is 15.5 Å². The van der Waals surface area contributed by atoms with Crippen molar-refractivity contribution < 1.29 is 9.59 Å². The van der Waals surface area contributed by atoms with Gasteiger partial charge >= 0.3 is 6.03 Å². The summed E-state index contributed by atoms with van der Waals surface area (Å²) in [4.78, 5) is 34.0. The van der Waals surface area contributed by atoms with Crippen molar-refractivity contribution in [2.24, 2.45) is 17.6 Å². The molecule has 202 valence electrons. The quantitative estimate of drug-likeness (QED) is 0.410. The lowest BCUT2D eigenvalue weighted by Crippen LogP contribution is -2.49. The Morgan fingerprint density at radius 2 is 1.68 bits per heavy atom. The van der Waals surface area contributed by atoms with E-state index in [2.05, 4.69) is 48.9 Å². The average molecular weight is 665 g/mol. The first-order valence-electron chi connectivity index (χ1n) is 13.8. The van der Waals surface area contributed by atoms with Gasteiger partial charge in [-0.05, 0) is 114 Å². The molecule has 3 saturated heterocycles. The molecular formula is C29H33Br2ClN4O2. The minimum absolute atomic E-state index is 0.181. The van der Waals surface area contributed by atoms with Crippen molar-refractivity contribution in [2.75, 3.05) is 13.1 Å². The van der Waals surface area contributed by atoms with Crippen molar-refractivity contribution in [3.63, 3.8) is 0 Å². The number of amides is 3. The van der Waals surface area contributed by atoms with Gasteiger partial charge in [0.2, 0.25) is 5.91 Å². The highest BCUT2D eigenvalue weighted by Crippen LogP contribution is 2.50. The van der Waals surface area contributed by atoms with Gasteiger partial charge in [0.15, 0.2) is 0 Å². The van der Waals surface area contributed by atoms with Gasteiger partial charge in [-0.2, -0.15) is 0 Å². The molecule has 4 atom stereocenters. The van der Waals surface area contributed by atoms with Gasteiger partial charge in [0.25, 0.3) is 0 Å². The largest absolute Gasteiger partial charge is 0.351 e. The second-order valence-corrected chi connectivity index (χ2v) is 13.7. The number of halogens is 3. The molecule has 4 aliphatic rings. The third-order valence-corrected chi connectivity index (χ3v) is 10.6. The van der Waals surface area contributed by atoms with Gasteiger partial charge in [0.1, 0.15) is 0 Å². The molecule has 9 heteroatoms. The number of pyridine rings is 1. The van der Waals surface area contributed by atoms with Crippen LogP contribution in [0.25, 0.3) is 0 Å². The van der Waals surface area contributed by atoms with E-state index in [1.807, 2.05) is 12.3 Å².